The lowest BCUT2D eigenvalue weighted by molar-refractivity contribution is 0.475. The highest BCUT2D eigenvalue weighted by Gasteiger charge is 2.05. The molecule has 0 fully saturated rings. The molecule has 1 heterocycles. The standard InChI is InChI=1S/C12H9NOS/c1-8-12(2-3-15-8)10-4-9(7-13)5-11(14)6-10/h2-6,14H,1H3. The maximum absolute atomic E-state index is 9.47. The number of phenols is 1. The topological polar surface area (TPSA) is 44.0 Å². The minimum absolute atomic E-state index is 0.134. The number of hydrogen-bond acceptors (Lipinski definition) is 3. The molecule has 0 aliphatic heterocycles. The molecule has 74 valence electrons. The van der Waals surface area contributed by atoms with Gasteiger partial charge in [-0.1, -0.05) is 0 Å². The largest absolute Gasteiger partial charge is 0.508 e. The summed E-state index contributed by atoms with van der Waals surface area (Å²) in [5, 5.41) is 20.3. The number of rotatable bonds is 1. The fourth-order valence-electron chi connectivity index (χ4n) is 1.52. The van der Waals surface area contributed by atoms with E-state index >= 15 is 0 Å². The van der Waals surface area contributed by atoms with Crippen molar-refractivity contribution in [1.29, 1.82) is 5.26 Å². The normalized spacial score (nSPS) is 9.87. The highest BCUT2D eigenvalue weighted by atomic mass is 32.1. The van der Waals surface area contributed by atoms with Gasteiger partial charge in [0.2, 0.25) is 0 Å². The number of phenolic OH excluding ortho intramolecular Hbond substituents is 1. The van der Waals surface area contributed by atoms with Gasteiger partial charge in [0.05, 0.1) is 11.6 Å². The van der Waals surface area contributed by atoms with Gasteiger partial charge >= 0.3 is 0 Å². The van der Waals surface area contributed by atoms with E-state index < -0.39 is 0 Å². The fourth-order valence-corrected chi connectivity index (χ4v) is 2.24. The van der Waals surface area contributed by atoms with Crippen LogP contribution in [0.1, 0.15) is 10.4 Å². The van der Waals surface area contributed by atoms with Gasteiger partial charge in [-0.2, -0.15) is 5.26 Å². The Bertz CT molecular complexity index is 537. The van der Waals surface area contributed by atoms with Crippen molar-refractivity contribution in [2.24, 2.45) is 0 Å². The number of nitrogens with zero attached hydrogens (tertiary/aromatic N) is 1. The summed E-state index contributed by atoms with van der Waals surface area (Å²) in [5.41, 5.74) is 2.45. The number of thiophene rings is 1. The Balaban J connectivity index is 2.59. The lowest BCUT2D eigenvalue weighted by Crippen LogP contribution is -1.80. The van der Waals surface area contributed by atoms with E-state index in [4.69, 9.17) is 5.26 Å². The minimum Gasteiger partial charge on any atom is -0.508 e. The third kappa shape index (κ3) is 1.85. The van der Waals surface area contributed by atoms with Gasteiger partial charge in [0.1, 0.15) is 5.75 Å². The SMILES string of the molecule is Cc1sccc1-c1cc(O)cc(C#N)c1. The van der Waals surface area contributed by atoms with Crippen LogP contribution in [0, 0.1) is 18.3 Å². The Hall–Kier alpha value is -1.79. The highest BCUT2D eigenvalue weighted by Crippen LogP contribution is 2.30. The van der Waals surface area contributed by atoms with E-state index in [0.717, 1.165) is 11.1 Å². The molecule has 0 unspecified atom stereocenters. The van der Waals surface area contributed by atoms with Gasteiger partial charge in [0.15, 0.2) is 0 Å². The molecule has 0 bridgehead atoms. The Labute approximate surface area is 92.0 Å². The van der Waals surface area contributed by atoms with Gasteiger partial charge in [-0.15, -0.1) is 11.3 Å². The molecular weight excluding hydrogens is 206 g/mol. The van der Waals surface area contributed by atoms with Crippen LogP contribution in [0.4, 0.5) is 0 Å². The second kappa shape index (κ2) is 3.76. The van der Waals surface area contributed by atoms with Gasteiger partial charge < -0.3 is 5.11 Å². The molecule has 0 atom stereocenters. The van der Waals surface area contributed by atoms with Crippen LogP contribution >= 0.6 is 11.3 Å². The third-order valence-electron chi connectivity index (χ3n) is 2.22. The summed E-state index contributed by atoms with van der Waals surface area (Å²) in [5.74, 6) is 0.134. The van der Waals surface area contributed by atoms with Gasteiger partial charge in [0.25, 0.3) is 0 Å². The summed E-state index contributed by atoms with van der Waals surface area (Å²) in [6, 6.07) is 8.96. The first-order valence-electron chi connectivity index (χ1n) is 4.49. The molecule has 15 heavy (non-hydrogen) atoms. The molecule has 2 rings (SSSR count). The van der Waals surface area contributed by atoms with Crippen LogP contribution in [0.5, 0.6) is 5.75 Å². The van der Waals surface area contributed by atoms with E-state index in [9.17, 15) is 5.11 Å². The van der Waals surface area contributed by atoms with Crippen molar-refractivity contribution < 1.29 is 5.11 Å². The summed E-state index contributed by atoms with van der Waals surface area (Å²) in [6.45, 7) is 2.02. The van der Waals surface area contributed by atoms with E-state index in [1.807, 2.05) is 24.4 Å². The maximum Gasteiger partial charge on any atom is 0.117 e. The first kappa shape index (κ1) is 9.75. The molecule has 2 aromatic rings. The average molecular weight is 215 g/mol. The number of benzene rings is 1. The summed E-state index contributed by atoms with van der Waals surface area (Å²) in [6.07, 6.45) is 0. The zero-order chi connectivity index (χ0) is 10.8. The third-order valence-corrected chi connectivity index (χ3v) is 3.06. The molecular formula is C12H9NOS. The Kier molecular flexibility index (Phi) is 2.44. The fraction of sp³-hybridized carbons (Fsp3) is 0.0833. The van der Waals surface area contributed by atoms with Gasteiger partial charge in [-0.05, 0) is 47.7 Å². The van der Waals surface area contributed by atoms with Gasteiger partial charge in [-0.25, -0.2) is 0 Å². The monoisotopic (exact) mass is 215 g/mol. The molecule has 0 aliphatic carbocycles. The molecule has 2 nitrogen and oxygen atoms in total. The van der Waals surface area contributed by atoms with E-state index in [1.165, 1.54) is 10.9 Å². The molecule has 0 amide bonds. The van der Waals surface area contributed by atoms with Crippen LogP contribution < -0.4 is 0 Å². The van der Waals surface area contributed by atoms with Crippen molar-refractivity contribution >= 4 is 11.3 Å². The van der Waals surface area contributed by atoms with Crippen LogP contribution in [0.15, 0.2) is 29.6 Å². The molecule has 1 aromatic heterocycles. The number of hydrogen-bond donors (Lipinski definition) is 1. The van der Waals surface area contributed by atoms with Crippen molar-refractivity contribution in [2.45, 2.75) is 6.92 Å². The average Bonchev–Trinajstić information content (AvgIpc) is 2.63. The van der Waals surface area contributed by atoms with E-state index in [2.05, 4.69) is 0 Å². The van der Waals surface area contributed by atoms with Crippen molar-refractivity contribution in [2.75, 3.05) is 0 Å². The van der Waals surface area contributed by atoms with Crippen LogP contribution in [-0.2, 0) is 0 Å². The predicted octanol–water partition coefficient (Wildman–Crippen LogP) is 3.30. The smallest absolute Gasteiger partial charge is 0.117 e. The molecule has 0 saturated carbocycles. The highest BCUT2D eigenvalue weighted by molar-refractivity contribution is 7.10. The van der Waals surface area contributed by atoms with E-state index in [1.54, 1.807) is 23.5 Å². The van der Waals surface area contributed by atoms with Crippen molar-refractivity contribution in [3.63, 3.8) is 0 Å². The Morgan fingerprint density at radius 2 is 2.13 bits per heavy atom. The van der Waals surface area contributed by atoms with Crippen LogP contribution in [-0.4, -0.2) is 5.11 Å². The lowest BCUT2D eigenvalue weighted by atomic mass is 10.0. The molecule has 3 heteroatoms. The van der Waals surface area contributed by atoms with Gasteiger partial charge in [-0.3, -0.25) is 0 Å². The summed E-state index contributed by atoms with van der Waals surface area (Å²) >= 11 is 1.65. The van der Waals surface area contributed by atoms with E-state index in [-0.39, 0.29) is 5.75 Å². The van der Waals surface area contributed by atoms with Crippen LogP contribution in [0.2, 0.25) is 0 Å². The molecule has 0 aliphatic rings. The molecule has 1 aromatic carbocycles. The molecule has 0 saturated heterocycles. The number of aryl methyl sites for hydroxylation is 1. The first-order chi connectivity index (χ1) is 7.20. The minimum atomic E-state index is 0.134. The summed E-state index contributed by atoms with van der Waals surface area (Å²) < 4.78 is 0. The first-order valence-corrected chi connectivity index (χ1v) is 5.37. The van der Waals surface area contributed by atoms with Crippen molar-refractivity contribution in [3.8, 4) is 22.9 Å². The Morgan fingerprint density at radius 3 is 2.73 bits per heavy atom. The zero-order valence-electron chi connectivity index (χ0n) is 8.19. The summed E-state index contributed by atoms with van der Waals surface area (Å²) in [7, 11) is 0. The quantitative estimate of drug-likeness (QED) is 0.793. The number of nitriles is 1. The zero-order valence-corrected chi connectivity index (χ0v) is 9.01. The number of aromatic hydroxyl groups is 1. The maximum atomic E-state index is 9.47. The second-order valence-corrected chi connectivity index (χ2v) is 4.39. The molecule has 0 radical (unpaired) electrons. The lowest BCUT2D eigenvalue weighted by Gasteiger charge is -2.02. The van der Waals surface area contributed by atoms with Crippen molar-refractivity contribution in [3.05, 3.63) is 40.1 Å². The van der Waals surface area contributed by atoms with Crippen LogP contribution in [0.3, 0.4) is 0 Å². The Morgan fingerprint density at radius 1 is 1.33 bits per heavy atom. The predicted molar refractivity (Wildman–Crippen MR) is 60.9 cm³/mol. The van der Waals surface area contributed by atoms with Crippen LogP contribution in [0.25, 0.3) is 11.1 Å². The van der Waals surface area contributed by atoms with Gasteiger partial charge in [0, 0.05) is 4.88 Å². The van der Waals surface area contributed by atoms with E-state index in [0.29, 0.717) is 5.56 Å². The summed E-state index contributed by atoms with van der Waals surface area (Å²) in [4.78, 5) is 1.18. The molecule has 1 N–H and O–H groups in total. The second-order valence-electron chi connectivity index (χ2n) is 3.27. The molecule has 0 spiro atoms. The van der Waals surface area contributed by atoms with Crippen molar-refractivity contribution in [1.82, 2.24) is 0 Å².